The first kappa shape index (κ1) is 13.0. The van der Waals surface area contributed by atoms with E-state index in [1.54, 1.807) is 19.1 Å². The quantitative estimate of drug-likeness (QED) is 0.750. The van der Waals surface area contributed by atoms with Crippen LogP contribution in [0.25, 0.3) is 0 Å². The second kappa shape index (κ2) is 6.47. The zero-order valence-corrected chi connectivity index (χ0v) is 9.73. The molecular weight excluding hydrogens is 224 g/mol. The molecule has 0 saturated carbocycles. The number of aromatic nitrogens is 1. The number of pyridine rings is 1. The average molecular weight is 238 g/mol. The van der Waals surface area contributed by atoms with Gasteiger partial charge in [0, 0.05) is 12.3 Å². The van der Waals surface area contributed by atoms with Gasteiger partial charge in [0.15, 0.2) is 0 Å². The second-order valence-electron chi connectivity index (χ2n) is 3.08. The molecule has 0 fully saturated rings. The summed E-state index contributed by atoms with van der Waals surface area (Å²) >= 11 is 0. The van der Waals surface area contributed by atoms with Crippen molar-refractivity contribution in [3.63, 3.8) is 0 Å². The normalized spacial score (nSPS) is 9.53. The molecule has 1 aromatic heterocycles. The number of amides is 1. The largest absolute Gasteiger partial charge is 0.481 e. The Bertz CT molecular complexity index is 389. The van der Waals surface area contributed by atoms with Crippen LogP contribution in [0.3, 0.4) is 0 Å². The summed E-state index contributed by atoms with van der Waals surface area (Å²) < 4.78 is 9.54. The minimum atomic E-state index is -0.470. The molecule has 0 saturated heterocycles. The van der Waals surface area contributed by atoms with Crippen molar-refractivity contribution in [2.24, 2.45) is 0 Å². The van der Waals surface area contributed by atoms with Crippen molar-refractivity contribution in [3.8, 4) is 5.88 Å². The van der Waals surface area contributed by atoms with Gasteiger partial charge in [-0.1, -0.05) is 0 Å². The van der Waals surface area contributed by atoms with Crippen LogP contribution in [0.4, 0.5) is 0 Å². The maximum Gasteiger partial charge on any atom is 0.325 e. The molecule has 0 aliphatic carbocycles. The number of rotatable bonds is 5. The molecule has 17 heavy (non-hydrogen) atoms. The Hall–Kier alpha value is -2.11. The highest BCUT2D eigenvalue weighted by Gasteiger charge is 2.08. The average Bonchev–Trinajstić information content (AvgIpc) is 2.36. The molecule has 1 N–H and O–H groups in total. The van der Waals surface area contributed by atoms with Crippen LogP contribution < -0.4 is 10.1 Å². The number of nitrogens with one attached hydrogen (secondary N) is 1. The summed E-state index contributed by atoms with van der Waals surface area (Å²) in [6.45, 7) is 1.84. The number of methoxy groups -OCH3 is 1. The summed E-state index contributed by atoms with van der Waals surface area (Å²) in [7, 11) is 1.49. The van der Waals surface area contributed by atoms with Crippen LogP contribution in [0.5, 0.6) is 5.88 Å². The third-order valence-electron chi connectivity index (χ3n) is 1.91. The van der Waals surface area contributed by atoms with E-state index in [2.05, 4.69) is 15.0 Å². The Kier molecular flexibility index (Phi) is 4.93. The van der Waals surface area contributed by atoms with Gasteiger partial charge >= 0.3 is 5.97 Å². The lowest BCUT2D eigenvalue weighted by Crippen LogP contribution is -2.30. The fourth-order valence-electron chi connectivity index (χ4n) is 1.10. The maximum atomic E-state index is 11.6. The molecule has 0 bridgehead atoms. The fourth-order valence-corrected chi connectivity index (χ4v) is 1.10. The van der Waals surface area contributed by atoms with Crippen LogP contribution in [0.1, 0.15) is 17.3 Å². The van der Waals surface area contributed by atoms with E-state index in [0.717, 1.165) is 0 Å². The molecule has 1 aromatic rings. The highest BCUT2D eigenvalue weighted by atomic mass is 16.5. The van der Waals surface area contributed by atoms with Crippen molar-refractivity contribution in [2.75, 3.05) is 20.3 Å². The van der Waals surface area contributed by atoms with Crippen LogP contribution in [0, 0.1) is 0 Å². The molecule has 6 heteroatoms. The van der Waals surface area contributed by atoms with Gasteiger partial charge in [-0.15, -0.1) is 0 Å². The second-order valence-corrected chi connectivity index (χ2v) is 3.08. The number of carbonyl (C=O) groups excluding carboxylic acids is 2. The Morgan fingerprint density at radius 2 is 2.18 bits per heavy atom. The van der Waals surface area contributed by atoms with Gasteiger partial charge < -0.3 is 14.8 Å². The molecule has 0 atom stereocenters. The first-order valence-corrected chi connectivity index (χ1v) is 5.11. The van der Waals surface area contributed by atoms with Crippen LogP contribution >= 0.6 is 0 Å². The van der Waals surface area contributed by atoms with E-state index in [4.69, 9.17) is 4.74 Å². The van der Waals surface area contributed by atoms with Crippen molar-refractivity contribution < 1.29 is 19.1 Å². The van der Waals surface area contributed by atoms with Gasteiger partial charge in [-0.2, -0.15) is 0 Å². The molecule has 1 heterocycles. The molecule has 1 amide bonds. The summed E-state index contributed by atoms with van der Waals surface area (Å²) in [5, 5.41) is 2.43. The number of carbonyl (C=O) groups is 2. The Morgan fingerprint density at radius 3 is 2.71 bits per heavy atom. The molecule has 1 rings (SSSR count). The monoisotopic (exact) mass is 238 g/mol. The van der Waals surface area contributed by atoms with Crippen molar-refractivity contribution in [1.29, 1.82) is 0 Å². The minimum absolute atomic E-state index is 0.154. The summed E-state index contributed by atoms with van der Waals surface area (Å²) in [5.74, 6) is -0.428. The molecule has 0 unspecified atom stereocenters. The number of esters is 1. The van der Waals surface area contributed by atoms with Gasteiger partial charge in [-0.25, -0.2) is 4.98 Å². The highest BCUT2D eigenvalue weighted by Crippen LogP contribution is 2.06. The predicted octanol–water partition coefficient (Wildman–Crippen LogP) is 0.383. The lowest BCUT2D eigenvalue weighted by molar-refractivity contribution is -0.141. The minimum Gasteiger partial charge on any atom is -0.481 e. The van der Waals surface area contributed by atoms with Crippen molar-refractivity contribution >= 4 is 11.9 Å². The standard InChI is InChI=1S/C11H14N2O4/c1-3-17-10(14)7-13-11(15)8-4-5-9(16-2)12-6-8/h4-6H,3,7H2,1-2H3,(H,13,15). The molecule has 0 spiro atoms. The van der Waals surface area contributed by atoms with Crippen molar-refractivity contribution in [3.05, 3.63) is 23.9 Å². The van der Waals surface area contributed by atoms with Crippen LogP contribution in [-0.4, -0.2) is 37.1 Å². The topological polar surface area (TPSA) is 77.5 Å². The van der Waals surface area contributed by atoms with Crippen LogP contribution in [0.15, 0.2) is 18.3 Å². The van der Waals surface area contributed by atoms with E-state index in [9.17, 15) is 9.59 Å². The summed E-state index contributed by atoms with van der Waals surface area (Å²) in [6.07, 6.45) is 1.37. The molecule has 0 aromatic carbocycles. The lowest BCUT2D eigenvalue weighted by Gasteiger charge is -2.05. The third kappa shape index (κ3) is 4.10. The third-order valence-corrected chi connectivity index (χ3v) is 1.91. The van der Waals surface area contributed by atoms with E-state index in [-0.39, 0.29) is 12.5 Å². The van der Waals surface area contributed by atoms with Crippen molar-refractivity contribution in [1.82, 2.24) is 10.3 Å². The van der Waals surface area contributed by atoms with E-state index >= 15 is 0 Å². The molecule has 0 aliphatic heterocycles. The van der Waals surface area contributed by atoms with Crippen molar-refractivity contribution in [2.45, 2.75) is 6.92 Å². The molecule has 0 radical (unpaired) electrons. The van der Waals surface area contributed by atoms with Gasteiger partial charge in [0.25, 0.3) is 5.91 Å². The Balaban J connectivity index is 2.49. The number of hydrogen-bond donors (Lipinski definition) is 1. The highest BCUT2D eigenvalue weighted by molar-refractivity contribution is 5.95. The molecular formula is C11H14N2O4. The fraction of sp³-hybridized carbons (Fsp3) is 0.364. The van der Waals surface area contributed by atoms with E-state index in [0.29, 0.717) is 18.1 Å². The first-order chi connectivity index (χ1) is 8.17. The van der Waals surface area contributed by atoms with E-state index < -0.39 is 5.97 Å². The van der Waals surface area contributed by atoms with Gasteiger partial charge in [0.1, 0.15) is 6.54 Å². The zero-order valence-electron chi connectivity index (χ0n) is 9.73. The maximum absolute atomic E-state index is 11.6. The van der Waals surface area contributed by atoms with E-state index in [1.165, 1.54) is 13.3 Å². The summed E-state index contributed by atoms with van der Waals surface area (Å²) in [5.41, 5.74) is 0.357. The SMILES string of the molecule is CCOC(=O)CNC(=O)c1ccc(OC)nc1. The van der Waals surface area contributed by atoms with Gasteiger partial charge in [0.05, 0.1) is 19.3 Å². The van der Waals surface area contributed by atoms with Gasteiger partial charge in [0.2, 0.25) is 5.88 Å². The van der Waals surface area contributed by atoms with Gasteiger partial charge in [-0.3, -0.25) is 9.59 Å². The molecule has 0 aliphatic rings. The molecule has 92 valence electrons. The summed E-state index contributed by atoms with van der Waals surface area (Å²) in [4.78, 5) is 26.4. The van der Waals surface area contributed by atoms with Crippen LogP contribution in [0.2, 0.25) is 0 Å². The number of ether oxygens (including phenoxy) is 2. The van der Waals surface area contributed by atoms with Gasteiger partial charge in [-0.05, 0) is 13.0 Å². The van der Waals surface area contributed by atoms with E-state index in [1.807, 2.05) is 0 Å². The molecule has 6 nitrogen and oxygen atoms in total. The first-order valence-electron chi connectivity index (χ1n) is 5.11. The Morgan fingerprint density at radius 1 is 1.41 bits per heavy atom. The number of nitrogens with zero attached hydrogens (tertiary/aromatic N) is 1. The zero-order chi connectivity index (χ0) is 12.7. The number of hydrogen-bond acceptors (Lipinski definition) is 5. The Labute approximate surface area is 98.9 Å². The summed E-state index contributed by atoms with van der Waals surface area (Å²) in [6, 6.07) is 3.13. The van der Waals surface area contributed by atoms with Crippen LogP contribution in [-0.2, 0) is 9.53 Å². The predicted molar refractivity (Wildman–Crippen MR) is 59.8 cm³/mol. The smallest absolute Gasteiger partial charge is 0.325 e. The lowest BCUT2D eigenvalue weighted by atomic mass is 10.2.